The number of nitrogens with zero attached hydrogens (tertiary/aromatic N) is 1. The van der Waals surface area contributed by atoms with Crippen molar-refractivity contribution in [1.82, 2.24) is 4.98 Å². The molecule has 2 nitrogen and oxygen atoms in total. The fraction of sp³-hybridized carbons (Fsp3) is 0.300. The second kappa shape index (κ2) is 5.12. The van der Waals surface area contributed by atoms with Crippen LogP contribution in [-0.4, -0.2) is 10.7 Å². The second-order valence-corrected chi connectivity index (χ2v) is 3.35. The van der Waals surface area contributed by atoms with Crippen molar-refractivity contribution in [3.8, 4) is 11.8 Å². The molecule has 1 aromatic rings. The van der Waals surface area contributed by atoms with Gasteiger partial charge in [-0.3, -0.25) is 0 Å². The highest BCUT2D eigenvalue weighted by atomic mass is 32.1. The zero-order chi connectivity index (χ0) is 12.2. The molecular formula is C10H9F3N2S. The zero-order valence-electron chi connectivity index (χ0n) is 8.17. The molecule has 0 aliphatic heterocycles. The summed E-state index contributed by atoms with van der Waals surface area (Å²) in [5, 5.41) is 0. The number of halogens is 3. The average Bonchev–Trinajstić information content (AvgIpc) is 2.19. The molecule has 0 aliphatic carbocycles. The van der Waals surface area contributed by atoms with Crippen LogP contribution in [0.5, 0.6) is 0 Å². The van der Waals surface area contributed by atoms with E-state index in [9.17, 15) is 13.2 Å². The van der Waals surface area contributed by atoms with E-state index in [0.29, 0.717) is 12.2 Å². The molecule has 1 aromatic heterocycles. The Hall–Kier alpha value is -1.35. The standard InChI is InChI=1S/C10H9F3N2S/c11-10(12,13)9-7(3-1-2-6-16)4-5-8(14)15-9/h4-5,16H,2,6H2,(H2,14,15). The summed E-state index contributed by atoms with van der Waals surface area (Å²) in [7, 11) is 0. The maximum absolute atomic E-state index is 12.5. The summed E-state index contributed by atoms with van der Waals surface area (Å²) >= 11 is 3.91. The van der Waals surface area contributed by atoms with Gasteiger partial charge < -0.3 is 5.73 Å². The summed E-state index contributed by atoms with van der Waals surface area (Å²) in [5.74, 6) is 5.31. The first-order valence-electron chi connectivity index (χ1n) is 4.38. The molecular weight excluding hydrogens is 237 g/mol. The fourth-order valence-electron chi connectivity index (χ4n) is 1.00. The second-order valence-electron chi connectivity index (χ2n) is 2.91. The van der Waals surface area contributed by atoms with Gasteiger partial charge in [-0.05, 0) is 12.1 Å². The van der Waals surface area contributed by atoms with Gasteiger partial charge in [-0.25, -0.2) is 4.98 Å². The summed E-state index contributed by atoms with van der Waals surface area (Å²) in [6, 6.07) is 2.51. The largest absolute Gasteiger partial charge is 0.434 e. The summed E-state index contributed by atoms with van der Waals surface area (Å²) in [6.45, 7) is 0. The number of rotatable bonds is 1. The lowest BCUT2D eigenvalue weighted by Crippen LogP contribution is -2.12. The molecule has 0 aromatic carbocycles. The van der Waals surface area contributed by atoms with Crippen LogP contribution in [-0.2, 0) is 6.18 Å². The van der Waals surface area contributed by atoms with E-state index in [4.69, 9.17) is 5.73 Å². The lowest BCUT2D eigenvalue weighted by molar-refractivity contribution is -0.141. The van der Waals surface area contributed by atoms with Crippen molar-refractivity contribution in [2.24, 2.45) is 0 Å². The third kappa shape index (κ3) is 3.35. The van der Waals surface area contributed by atoms with Gasteiger partial charge in [-0.15, -0.1) is 0 Å². The SMILES string of the molecule is Nc1ccc(C#CCCS)c(C(F)(F)F)n1. The lowest BCUT2D eigenvalue weighted by atomic mass is 10.2. The molecule has 0 atom stereocenters. The Kier molecular flexibility index (Phi) is 4.07. The van der Waals surface area contributed by atoms with E-state index in [0.717, 1.165) is 0 Å². The topological polar surface area (TPSA) is 38.9 Å². The highest BCUT2D eigenvalue weighted by Crippen LogP contribution is 2.30. The molecule has 1 heterocycles. The van der Waals surface area contributed by atoms with Gasteiger partial charge in [0.1, 0.15) is 5.82 Å². The number of nitrogen functional groups attached to an aromatic ring is 1. The molecule has 0 fully saturated rings. The van der Waals surface area contributed by atoms with E-state index in [1.165, 1.54) is 12.1 Å². The summed E-state index contributed by atoms with van der Waals surface area (Å²) in [4.78, 5) is 3.25. The van der Waals surface area contributed by atoms with Crippen LogP contribution in [0.15, 0.2) is 12.1 Å². The number of aromatic nitrogens is 1. The van der Waals surface area contributed by atoms with E-state index in [1.54, 1.807) is 0 Å². The molecule has 0 amide bonds. The average molecular weight is 246 g/mol. The Bertz CT molecular complexity index is 432. The van der Waals surface area contributed by atoms with Crippen LogP contribution < -0.4 is 5.73 Å². The molecule has 86 valence electrons. The van der Waals surface area contributed by atoms with Crippen LogP contribution in [0.1, 0.15) is 17.7 Å². The van der Waals surface area contributed by atoms with Crippen LogP contribution in [0.2, 0.25) is 0 Å². The van der Waals surface area contributed by atoms with Gasteiger partial charge in [0.2, 0.25) is 0 Å². The number of nitrogens with two attached hydrogens (primary N) is 1. The van der Waals surface area contributed by atoms with Crippen molar-refractivity contribution in [3.63, 3.8) is 0 Å². The number of pyridine rings is 1. The fourth-order valence-corrected chi connectivity index (χ4v) is 1.12. The minimum absolute atomic E-state index is 0.163. The lowest BCUT2D eigenvalue weighted by Gasteiger charge is -2.08. The number of anilines is 1. The first-order chi connectivity index (χ1) is 7.45. The van der Waals surface area contributed by atoms with Gasteiger partial charge >= 0.3 is 6.18 Å². The van der Waals surface area contributed by atoms with Crippen molar-refractivity contribution < 1.29 is 13.2 Å². The predicted molar refractivity (Wildman–Crippen MR) is 59.0 cm³/mol. The van der Waals surface area contributed by atoms with E-state index in [2.05, 4.69) is 29.5 Å². The van der Waals surface area contributed by atoms with Crippen molar-refractivity contribution >= 4 is 18.4 Å². The van der Waals surface area contributed by atoms with Crippen molar-refractivity contribution in [1.29, 1.82) is 0 Å². The minimum atomic E-state index is -4.54. The highest BCUT2D eigenvalue weighted by molar-refractivity contribution is 7.80. The van der Waals surface area contributed by atoms with Crippen LogP contribution in [0.3, 0.4) is 0 Å². The number of thiol groups is 1. The Morgan fingerprint density at radius 1 is 1.38 bits per heavy atom. The van der Waals surface area contributed by atoms with E-state index in [1.807, 2.05) is 0 Å². The first kappa shape index (κ1) is 12.7. The quantitative estimate of drug-likeness (QED) is 0.589. The van der Waals surface area contributed by atoms with E-state index >= 15 is 0 Å². The van der Waals surface area contributed by atoms with Gasteiger partial charge in [0, 0.05) is 12.2 Å². The molecule has 0 radical (unpaired) electrons. The molecule has 0 saturated carbocycles. The Morgan fingerprint density at radius 2 is 2.06 bits per heavy atom. The Balaban J connectivity index is 3.15. The van der Waals surface area contributed by atoms with Crippen LogP contribution in [0.4, 0.5) is 19.0 Å². The molecule has 0 unspecified atom stereocenters. The molecule has 2 N–H and O–H groups in total. The summed E-state index contributed by atoms with van der Waals surface area (Å²) in [5.41, 5.74) is 4.00. The van der Waals surface area contributed by atoms with E-state index < -0.39 is 11.9 Å². The monoisotopic (exact) mass is 246 g/mol. The highest BCUT2D eigenvalue weighted by Gasteiger charge is 2.35. The van der Waals surface area contributed by atoms with Crippen molar-refractivity contribution in [2.45, 2.75) is 12.6 Å². The molecule has 6 heteroatoms. The molecule has 0 bridgehead atoms. The predicted octanol–water partition coefficient (Wildman–Crippen LogP) is 2.35. The van der Waals surface area contributed by atoms with Gasteiger partial charge in [0.15, 0.2) is 5.69 Å². The van der Waals surface area contributed by atoms with Gasteiger partial charge in [0.25, 0.3) is 0 Å². The Labute approximate surface area is 96.5 Å². The number of alkyl halides is 3. The van der Waals surface area contributed by atoms with E-state index in [-0.39, 0.29) is 11.4 Å². The van der Waals surface area contributed by atoms with Crippen molar-refractivity contribution in [3.05, 3.63) is 23.4 Å². The molecule has 1 rings (SSSR count). The van der Waals surface area contributed by atoms with Gasteiger partial charge in [0.05, 0.1) is 5.56 Å². The Morgan fingerprint density at radius 3 is 2.62 bits per heavy atom. The molecule has 0 saturated heterocycles. The zero-order valence-corrected chi connectivity index (χ0v) is 9.07. The molecule has 0 aliphatic rings. The summed E-state index contributed by atoms with van der Waals surface area (Å²) < 4.78 is 37.6. The first-order valence-corrected chi connectivity index (χ1v) is 5.02. The van der Waals surface area contributed by atoms with Crippen molar-refractivity contribution in [2.75, 3.05) is 11.5 Å². The smallest absolute Gasteiger partial charge is 0.384 e. The van der Waals surface area contributed by atoms with Gasteiger partial charge in [-0.1, -0.05) is 11.8 Å². The van der Waals surface area contributed by atoms with Gasteiger partial charge in [-0.2, -0.15) is 25.8 Å². The minimum Gasteiger partial charge on any atom is -0.384 e. The third-order valence-electron chi connectivity index (χ3n) is 1.65. The van der Waals surface area contributed by atoms with Crippen LogP contribution in [0.25, 0.3) is 0 Å². The summed E-state index contributed by atoms with van der Waals surface area (Å²) in [6.07, 6.45) is -4.12. The maximum atomic E-state index is 12.5. The van der Waals surface area contributed by atoms with Crippen LogP contribution in [0, 0.1) is 11.8 Å². The molecule has 16 heavy (non-hydrogen) atoms. The number of hydrogen-bond donors (Lipinski definition) is 2. The normalized spacial score (nSPS) is 10.8. The van der Waals surface area contributed by atoms with Crippen LogP contribution >= 0.6 is 12.6 Å². The third-order valence-corrected chi connectivity index (χ3v) is 1.87. The molecule has 0 spiro atoms. The number of hydrogen-bond acceptors (Lipinski definition) is 3. The maximum Gasteiger partial charge on any atom is 0.434 e.